The van der Waals surface area contributed by atoms with Crippen LogP contribution in [0.3, 0.4) is 0 Å². The first-order valence-electron chi connectivity index (χ1n) is 7.41. The fourth-order valence-corrected chi connectivity index (χ4v) is 2.95. The summed E-state index contributed by atoms with van der Waals surface area (Å²) in [6, 6.07) is 11.1. The molecule has 1 saturated heterocycles. The van der Waals surface area contributed by atoms with E-state index in [0.717, 1.165) is 19.6 Å². The topological polar surface area (TPSA) is 58.6 Å². The highest BCUT2D eigenvalue weighted by molar-refractivity contribution is 14.1. The highest BCUT2D eigenvalue weighted by Crippen LogP contribution is 2.24. The second kappa shape index (κ2) is 7.22. The van der Waals surface area contributed by atoms with Gasteiger partial charge in [0, 0.05) is 7.05 Å². The van der Waals surface area contributed by atoms with Gasteiger partial charge in [-0.1, -0.05) is 18.2 Å². The molecule has 1 aliphatic rings. The molecule has 5 nitrogen and oxygen atoms in total. The molecule has 2 aromatic rings. The highest BCUT2D eigenvalue weighted by Gasteiger charge is 2.29. The van der Waals surface area contributed by atoms with E-state index in [1.807, 2.05) is 6.07 Å². The van der Waals surface area contributed by atoms with Crippen LogP contribution in [0.15, 0.2) is 48.2 Å². The minimum Gasteiger partial charge on any atom is -0.488 e. The van der Waals surface area contributed by atoms with Crippen LogP contribution in [0.25, 0.3) is 6.08 Å². The number of benzene rings is 2. The van der Waals surface area contributed by atoms with Crippen molar-refractivity contribution < 1.29 is 18.7 Å². The zero-order valence-electron chi connectivity index (χ0n) is 13.3. The molecule has 3 rings (SSSR count). The van der Waals surface area contributed by atoms with E-state index in [1.165, 1.54) is 19.2 Å². The van der Waals surface area contributed by atoms with E-state index >= 15 is 0 Å². The van der Waals surface area contributed by atoms with Crippen LogP contribution >= 0.6 is 22.6 Å². The predicted octanol–water partition coefficient (Wildman–Crippen LogP) is 3.53. The van der Waals surface area contributed by atoms with Gasteiger partial charge in [0.05, 0.1) is 3.57 Å². The van der Waals surface area contributed by atoms with E-state index in [4.69, 9.17) is 4.74 Å². The van der Waals surface area contributed by atoms with Crippen molar-refractivity contribution in [1.29, 1.82) is 0 Å². The fraction of sp³-hybridized carbons (Fsp3) is 0.111. The molecule has 1 N–H and O–H groups in total. The van der Waals surface area contributed by atoms with Crippen molar-refractivity contribution in [2.45, 2.75) is 6.61 Å². The lowest BCUT2D eigenvalue weighted by Crippen LogP contribution is -2.25. The van der Waals surface area contributed by atoms with Crippen molar-refractivity contribution >= 4 is 40.6 Å². The maximum Gasteiger partial charge on any atom is 0.328 e. The second-order valence-corrected chi connectivity index (χ2v) is 6.62. The third kappa shape index (κ3) is 3.98. The summed E-state index contributed by atoms with van der Waals surface area (Å²) in [5, 5.41) is 2.52. The molecule has 128 valence electrons. The maximum absolute atomic E-state index is 12.9. The van der Waals surface area contributed by atoms with E-state index in [0.29, 0.717) is 12.4 Å². The van der Waals surface area contributed by atoms with Gasteiger partial charge in [0.2, 0.25) is 0 Å². The number of carbonyl (C=O) groups excluding carboxylic acids is 2. The van der Waals surface area contributed by atoms with E-state index in [-0.39, 0.29) is 17.4 Å². The Morgan fingerprint density at radius 2 is 1.92 bits per heavy atom. The predicted molar refractivity (Wildman–Crippen MR) is 99.2 cm³/mol. The van der Waals surface area contributed by atoms with Crippen LogP contribution in [0.4, 0.5) is 9.18 Å². The molecule has 7 heteroatoms. The first-order chi connectivity index (χ1) is 11.9. The molecule has 2 aromatic carbocycles. The highest BCUT2D eigenvalue weighted by atomic mass is 127. The first-order valence-corrected chi connectivity index (χ1v) is 8.49. The number of urea groups is 1. The molecule has 3 amide bonds. The summed E-state index contributed by atoms with van der Waals surface area (Å²) in [6.45, 7) is 0.329. The van der Waals surface area contributed by atoms with Gasteiger partial charge in [-0.25, -0.2) is 9.18 Å². The lowest BCUT2D eigenvalue weighted by Gasteiger charge is -2.09. The van der Waals surface area contributed by atoms with Crippen molar-refractivity contribution in [2.75, 3.05) is 7.05 Å². The van der Waals surface area contributed by atoms with E-state index in [1.54, 1.807) is 30.3 Å². The zero-order chi connectivity index (χ0) is 18.0. The molecule has 0 aromatic heterocycles. The van der Waals surface area contributed by atoms with Crippen LogP contribution < -0.4 is 10.1 Å². The van der Waals surface area contributed by atoms with Crippen LogP contribution in [-0.4, -0.2) is 23.9 Å². The van der Waals surface area contributed by atoms with Crippen LogP contribution in [-0.2, 0) is 11.4 Å². The summed E-state index contributed by atoms with van der Waals surface area (Å²) < 4.78 is 19.5. The number of ether oxygens (including phenoxy) is 1. The minimum atomic E-state index is -0.440. The molecule has 1 aliphatic heterocycles. The van der Waals surface area contributed by atoms with Gasteiger partial charge in [0.1, 0.15) is 23.9 Å². The van der Waals surface area contributed by atoms with Crippen LogP contribution in [0.2, 0.25) is 0 Å². The monoisotopic (exact) mass is 452 g/mol. The number of nitrogens with one attached hydrogen (secondary N) is 1. The molecular formula is C18H14FIN2O3. The summed E-state index contributed by atoms with van der Waals surface area (Å²) in [6.07, 6.45) is 1.62. The Labute approximate surface area is 157 Å². The average molecular weight is 452 g/mol. The molecule has 1 heterocycles. The minimum absolute atomic E-state index is 0.239. The Bertz CT molecular complexity index is 865. The number of imide groups is 1. The molecule has 1 fully saturated rings. The quantitative estimate of drug-likeness (QED) is 0.439. The van der Waals surface area contributed by atoms with Crippen molar-refractivity contribution in [3.05, 3.63) is 68.7 Å². The SMILES string of the molecule is CN1C(=O)N/C(=C/c2ccc(OCc3ccc(F)cc3)c(I)c2)C1=O. The van der Waals surface area contributed by atoms with Crippen LogP contribution in [0, 0.1) is 9.39 Å². The van der Waals surface area contributed by atoms with Gasteiger partial charge in [-0.2, -0.15) is 0 Å². The van der Waals surface area contributed by atoms with Gasteiger partial charge in [0.15, 0.2) is 0 Å². The molecule has 0 unspecified atom stereocenters. The summed E-state index contributed by atoms with van der Waals surface area (Å²) in [5.74, 6) is 0.0394. The number of carbonyl (C=O) groups is 2. The summed E-state index contributed by atoms with van der Waals surface area (Å²) >= 11 is 2.14. The van der Waals surface area contributed by atoms with Gasteiger partial charge in [-0.05, 0) is 64.1 Å². The largest absolute Gasteiger partial charge is 0.488 e. The van der Waals surface area contributed by atoms with Gasteiger partial charge >= 0.3 is 6.03 Å². The van der Waals surface area contributed by atoms with Gasteiger partial charge in [-0.15, -0.1) is 0 Å². The molecule has 0 saturated carbocycles. The number of nitrogens with zero attached hydrogens (tertiary/aromatic N) is 1. The third-order valence-corrected chi connectivity index (χ3v) is 4.50. The van der Waals surface area contributed by atoms with Crippen LogP contribution in [0.1, 0.15) is 11.1 Å². The Kier molecular flexibility index (Phi) is 5.03. The van der Waals surface area contributed by atoms with Gasteiger partial charge in [0.25, 0.3) is 5.91 Å². The number of hydrogen-bond donors (Lipinski definition) is 1. The summed E-state index contributed by atoms with van der Waals surface area (Å²) in [4.78, 5) is 24.4. The van der Waals surface area contributed by atoms with Crippen molar-refractivity contribution in [2.24, 2.45) is 0 Å². The van der Waals surface area contributed by atoms with E-state index < -0.39 is 6.03 Å². The Morgan fingerprint density at radius 1 is 1.20 bits per heavy atom. The second-order valence-electron chi connectivity index (χ2n) is 5.46. The van der Waals surface area contributed by atoms with Gasteiger partial charge < -0.3 is 10.1 Å². The first kappa shape index (κ1) is 17.4. The number of rotatable bonds is 4. The molecule has 0 aliphatic carbocycles. The smallest absolute Gasteiger partial charge is 0.328 e. The molecular weight excluding hydrogens is 438 g/mol. The summed E-state index contributed by atoms with van der Waals surface area (Å²) in [7, 11) is 1.43. The van der Waals surface area contributed by atoms with Crippen molar-refractivity contribution in [3.8, 4) is 5.75 Å². The number of likely N-dealkylation sites (N-methyl/N-ethyl adjacent to an activating group) is 1. The van der Waals surface area contributed by atoms with Crippen molar-refractivity contribution in [3.63, 3.8) is 0 Å². The molecule has 0 atom stereocenters. The van der Waals surface area contributed by atoms with Crippen LogP contribution in [0.5, 0.6) is 5.75 Å². The van der Waals surface area contributed by atoms with E-state index in [9.17, 15) is 14.0 Å². The maximum atomic E-state index is 12.9. The number of halogens is 2. The van der Waals surface area contributed by atoms with Gasteiger partial charge in [-0.3, -0.25) is 9.69 Å². The normalized spacial score (nSPS) is 15.6. The number of amides is 3. The molecule has 25 heavy (non-hydrogen) atoms. The van der Waals surface area contributed by atoms with E-state index in [2.05, 4.69) is 27.9 Å². The molecule has 0 radical (unpaired) electrons. The number of hydrogen-bond acceptors (Lipinski definition) is 3. The standard InChI is InChI=1S/C18H14FIN2O3/c1-22-17(23)15(21-18(22)24)9-12-4-7-16(14(20)8-12)25-10-11-2-5-13(19)6-3-11/h2-9H,10H2,1H3,(H,21,24)/b15-9+. The Balaban J connectivity index is 1.72. The molecule has 0 bridgehead atoms. The lowest BCUT2D eigenvalue weighted by molar-refractivity contribution is -0.121. The lowest BCUT2D eigenvalue weighted by atomic mass is 10.2. The Hall–Kier alpha value is -2.42. The Morgan fingerprint density at radius 3 is 2.52 bits per heavy atom. The molecule has 0 spiro atoms. The van der Waals surface area contributed by atoms with Crippen molar-refractivity contribution in [1.82, 2.24) is 10.2 Å². The third-order valence-electron chi connectivity index (χ3n) is 3.66. The zero-order valence-corrected chi connectivity index (χ0v) is 15.4. The summed E-state index contributed by atoms with van der Waals surface area (Å²) in [5.41, 5.74) is 1.88. The average Bonchev–Trinajstić information content (AvgIpc) is 2.83. The fourth-order valence-electron chi connectivity index (χ4n) is 2.26.